The number of rotatable bonds is 5. The van der Waals surface area contributed by atoms with E-state index in [1.54, 1.807) is 0 Å². The monoisotopic (exact) mass is 308 g/mol. The van der Waals surface area contributed by atoms with Gasteiger partial charge in [0, 0.05) is 20.6 Å². The summed E-state index contributed by atoms with van der Waals surface area (Å²) in [5.74, 6) is 1.95. The van der Waals surface area contributed by atoms with Crippen molar-refractivity contribution in [1.29, 1.82) is 0 Å². The number of para-hydroxylation sites is 2. The molecule has 3 rings (SSSR count). The van der Waals surface area contributed by atoms with Crippen molar-refractivity contribution >= 4 is 22.9 Å². The largest absolute Gasteiger partial charge is 0.360 e. The third-order valence-electron chi connectivity index (χ3n) is 4.36. The number of nitrogens with zero attached hydrogens (tertiary/aromatic N) is 4. The second-order valence-electron chi connectivity index (χ2n) is 5.95. The molecule has 0 bridgehead atoms. The van der Waals surface area contributed by atoms with E-state index < -0.39 is 0 Å². The first-order chi connectivity index (χ1) is 11.1. The molecule has 0 N–H and O–H groups in total. The van der Waals surface area contributed by atoms with Crippen molar-refractivity contribution in [2.45, 2.75) is 19.8 Å². The van der Waals surface area contributed by atoms with Crippen molar-refractivity contribution in [1.82, 2.24) is 4.98 Å². The zero-order valence-electron chi connectivity index (χ0n) is 14.2. The fraction of sp³-hybridized carbons (Fsp3) is 0.316. The molecule has 0 radical (unpaired) electrons. The zero-order chi connectivity index (χ0) is 16.4. The van der Waals surface area contributed by atoms with Crippen LogP contribution in [0.25, 0.3) is 0 Å². The Morgan fingerprint density at radius 2 is 1.87 bits per heavy atom. The van der Waals surface area contributed by atoms with Gasteiger partial charge < -0.3 is 9.80 Å². The molecule has 0 unspecified atom stereocenters. The highest BCUT2D eigenvalue weighted by Crippen LogP contribution is 2.44. The van der Waals surface area contributed by atoms with Crippen molar-refractivity contribution in [3.05, 3.63) is 55.0 Å². The Hall–Kier alpha value is -2.49. The zero-order valence-corrected chi connectivity index (χ0v) is 14.2. The van der Waals surface area contributed by atoms with E-state index in [4.69, 9.17) is 0 Å². The first-order valence-corrected chi connectivity index (χ1v) is 8.12. The molecular weight excluding hydrogens is 284 g/mol. The molecule has 0 aliphatic carbocycles. The molecule has 4 heteroatoms. The molecule has 2 aromatic rings. The fourth-order valence-corrected chi connectivity index (χ4v) is 2.90. The standard InChI is InChI=1S/C19H24N4/c1-5-6-13-21(3)19-12-11-16(14-20-19)23-15(2)22(4)17-9-7-8-10-18(17)23/h7-12,14H,2,5-6,13H2,1,3-4H3. The summed E-state index contributed by atoms with van der Waals surface area (Å²) in [6, 6.07) is 12.5. The lowest BCUT2D eigenvalue weighted by molar-refractivity contribution is 0.759. The van der Waals surface area contributed by atoms with Gasteiger partial charge in [0.1, 0.15) is 11.6 Å². The first kappa shape index (κ1) is 15.4. The highest BCUT2D eigenvalue weighted by Gasteiger charge is 2.28. The maximum Gasteiger partial charge on any atom is 0.128 e. The van der Waals surface area contributed by atoms with Crippen molar-refractivity contribution in [2.24, 2.45) is 0 Å². The molecule has 0 amide bonds. The summed E-state index contributed by atoms with van der Waals surface area (Å²) < 4.78 is 0. The first-order valence-electron chi connectivity index (χ1n) is 8.12. The average Bonchev–Trinajstić information content (AvgIpc) is 2.84. The Labute approximate surface area is 138 Å². The molecule has 0 saturated heterocycles. The molecule has 1 aliphatic heterocycles. The maximum atomic E-state index is 4.63. The van der Waals surface area contributed by atoms with Crippen molar-refractivity contribution in [2.75, 3.05) is 35.3 Å². The summed E-state index contributed by atoms with van der Waals surface area (Å²) in [5, 5.41) is 0. The Balaban J connectivity index is 1.87. The van der Waals surface area contributed by atoms with Crippen LogP contribution in [-0.2, 0) is 0 Å². The number of anilines is 4. The van der Waals surface area contributed by atoms with E-state index in [2.05, 4.69) is 76.6 Å². The lowest BCUT2D eigenvalue weighted by Crippen LogP contribution is -2.21. The predicted molar refractivity (Wildman–Crippen MR) is 98.5 cm³/mol. The minimum Gasteiger partial charge on any atom is -0.360 e. The SMILES string of the molecule is C=C1N(C)c2ccccc2N1c1ccc(N(C)CCCC)nc1. The van der Waals surface area contributed by atoms with E-state index in [1.165, 1.54) is 18.5 Å². The Kier molecular flexibility index (Phi) is 4.24. The van der Waals surface area contributed by atoms with Gasteiger partial charge in [-0.15, -0.1) is 0 Å². The number of pyridine rings is 1. The summed E-state index contributed by atoms with van der Waals surface area (Å²) >= 11 is 0. The van der Waals surface area contributed by atoms with Crippen LogP contribution in [-0.4, -0.2) is 25.6 Å². The van der Waals surface area contributed by atoms with Crippen molar-refractivity contribution in [3.8, 4) is 0 Å². The molecular formula is C19H24N4. The summed E-state index contributed by atoms with van der Waals surface area (Å²) in [7, 11) is 4.14. The van der Waals surface area contributed by atoms with E-state index in [-0.39, 0.29) is 0 Å². The smallest absolute Gasteiger partial charge is 0.128 e. The van der Waals surface area contributed by atoms with Gasteiger partial charge in [-0.1, -0.05) is 32.1 Å². The minimum absolute atomic E-state index is 0.945. The molecule has 120 valence electrons. The van der Waals surface area contributed by atoms with Crippen LogP contribution in [0, 0.1) is 0 Å². The highest BCUT2D eigenvalue weighted by atomic mass is 15.4. The topological polar surface area (TPSA) is 22.6 Å². The van der Waals surface area contributed by atoms with Crippen LogP contribution in [0.3, 0.4) is 0 Å². The fourth-order valence-electron chi connectivity index (χ4n) is 2.90. The molecule has 0 spiro atoms. The van der Waals surface area contributed by atoms with E-state index in [9.17, 15) is 0 Å². The quantitative estimate of drug-likeness (QED) is 0.817. The molecule has 1 aliphatic rings. The summed E-state index contributed by atoms with van der Waals surface area (Å²) in [6.45, 7) is 7.46. The van der Waals surface area contributed by atoms with Gasteiger partial charge >= 0.3 is 0 Å². The van der Waals surface area contributed by atoms with E-state index in [0.717, 1.165) is 29.6 Å². The second-order valence-corrected chi connectivity index (χ2v) is 5.95. The highest BCUT2D eigenvalue weighted by molar-refractivity contribution is 5.87. The Morgan fingerprint density at radius 3 is 2.52 bits per heavy atom. The number of hydrogen-bond acceptors (Lipinski definition) is 4. The van der Waals surface area contributed by atoms with Gasteiger partial charge in [-0.25, -0.2) is 4.98 Å². The molecule has 0 fully saturated rings. The Bertz CT molecular complexity index is 693. The van der Waals surface area contributed by atoms with Crippen LogP contribution in [0.1, 0.15) is 19.8 Å². The number of hydrogen-bond donors (Lipinski definition) is 0. The second kappa shape index (κ2) is 6.32. The van der Waals surface area contributed by atoms with Crippen LogP contribution < -0.4 is 14.7 Å². The number of fused-ring (bicyclic) bond motifs is 1. The summed E-state index contributed by atoms with van der Waals surface area (Å²) in [5.41, 5.74) is 3.36. The molecule has 2 heterocycles. The summed E-state index contributed by atoms with van der Waals surface area (Å²) in [6.07, 6.45) is 4.30. The molecule has 0 saturated carbocycles. The van der Waals surface area contributed by atoms with E-state index >= 15 is 0 Å². The average molecular weight is 308 g/mol. The number of unbranched alkanes of at least 4 members (excludes halogenated alkanes) is 1. The van der Waals surface area contributed by atoms with Crippen molar-refractivity contribution < 1.29 is 0 Å². The molecule has 0 atom stereocenters. The lowest BCUT2D eigenvalue weighted by atomic mass is 10.2. The van der Waals surface area contributed by atoms with Crippen LogP contribution in [0.5, 0.6) is 0 Å². The third kappa shape index (κ3) is 2.77. The lowest BCUT2D eigenvalue weighted by Gasteiger charge is -2.23. The molecule has 1 aromatic heterocycles. The van der Waals surface area contributed by atoms with Gasteiger partial charge in [0.25, 0.3) is 0 Å². The van der Waals surface area contributed by atoms with Crippen LogP contribution in [0.15, 0.2) is 55.0 Å². The third-order valence-corrected chi connectivity index (χ3v) is 4.36. The predicted octanol–water partition coefficient (Wildman–Crippen LogP) is 4.38. The van der Waals surface area contributed by atoms with Gasteiger partial charge in [-0.2, -0.15) is 0 Å². The molecule has 1 aromatic carbocycles. The Morgan fingerprint density at radius 1 is 1.13 bits per heavy atom. The van der Waals surface area contributed by atoms with E-state index in [1.807, 2.05) is 13.2 Å². The normalized spacial score (nSPS) is 13.4. The van der Waals surface area contributed by atoms with Gasteiger partial charge in [0.15, 0.2) is 0 Å². The summed E-state index contributed by atoms with van der Waals surface area (Å²) in [4.78, 5) is 11.1. The van der Waals surface area contributed by atoms with Crippen LogP contribution in [0.2, 0.25) is 0 Å². The molecule has 4 nitrogen and oxygen atoms in total. The minimum atomic E-state index is 0.945. The van der Waals surface area contributed by atoms with Crippen LogP contribution >= 0.6 is 0 Å². The van der Waals surface area contributed by atoms with Crippen molar-refractivity contribution in [3.63, 3.8) is 0 Å². The van der Waals surface area contributed by atoms with E-state index in [0.29, 0.717) is 0 Å². The van der Waals surface area contributed by atoms with Gasteiger partial charge in [-0.05, 0) is 30.7 Å². The molecule has 23 heavy (non-hydrogen) atoms. The number of aromatic nitrogens is 1. The van der Waals surface area contributed by atoms with Gasteiger partial charge in [0.05, 0.1) is 23.3 Å². The van der Waals surface area contributed by atoms with Gasteiger partial charge in [-0.3, -0.25) is 4.90 Å². The van der Waals surface area contributed by atoms with Gasteiger partial charge in [0.2, 0.25) is 0 Å². The number of benzene rings is 1. The van der Waals surface area contributed by atoms with Crippen LogP contribution in [0.4, 0.5) is 22.9 Å². The maximum absolute atomic E-state index is 4.63.